The molecule has 4 aliphatic rings. The zero-order valence-electron chi connectivity index (χ0n) is 24.1. The van der Waals surface area contributed by atoms with Crippen molar-refractivity contribution in [3.8, 4) is 0 Å². The van der Waals surface area contributed by atoms with E-state index in [4.69, 9.17) is 11.6 Å². The number of halogens is 2. The van der Waals surface area contributed by atoms with Gasteiger partial charge in [-0.2, -0.15) is 0 Å². The molecule has 5 atom stereocenters. The summed E-state index contributed by atoms with van der Waals surface area (Å²) in [7, 11) is 0. The molecule has 2 aliphatic heterocycles. The Labute approximate surface area is 250 Å². The average molecular weight is 591 g/mol. The number of nitrogens with one attached hydrogen (secondary N) is 1. The van der Waals surface area contributed by atoms with E-state index in [0.717, 1.165) is 25.0 Å². The number of carbonyl (C=O) groups is 3. The summed E-state index contributed by atoms with van der Waals surface area (Å²) in [4.78, 5) is 41.3. The van der Waals surface area contributed by atoms with E-state index in [2.05, 4.69) is 38.2 Å². The second-order valence-electron chi connectivity index (χ2n) is 12.9. The lowest BCUT2D eigenvalue weighted by Gasteiger charge is -2.52. The number of dihydropyridines is 1. The average Bonchev–Trinajstić information content (AvgIpc) is 3.33. The van der Waals surface area contributed by atoms with Gasteiger partial charge in [0.25, 0.3) is 0 Å². The molecule has 1 amide bonds. The number of rotatable bonds is 4. The third kappa shape index (κ3) is 4.66. The van der Waals surface area contributed by atoms with Crippen molar-refractivity contribution in [2.75, 3.05) is 6.54 Å². The van der Waals surface area contributed by atoms with E-state index in [-0.39, 0.29) is 40.4 Å². The molecule has 6 nitrogen and oxygen atoms in total. The molecule has 1 saturated carbocycles. The predicted molar refractivity (Wildman–Crippen MR) is 159 cm³/mol. The van der Waals surface area contributed by atoms with Crippen molar-refractivity contribution in [1.29, 1.82) is 0 Å². The highest BCUT2D eigenvalue weighted by Crippen LogP contribution is 2.52. The molecule has 1 fully saturated rings. The van der Waals surface area contributed by atoms with E-state index >= 15 is 0 Å². The van der Waals surface area contributed by atoms with Gasteiger partial charge in [-0.3, -0.25) is 14.5 Å². The number of ketones is 2. The van der Waals surface area contributed by atoms with Gasteiger partial charge in [-0.25, -0.2) is 9.18 Å². The van der Waals surface area contributed by atoms with Crippen molar-refractivity contribution in [3.05, 3.63) is 93.0 Å². The van der Waals surface area contributed by atoms with Crippen molar-refractivity contribution in [1.82, 2.24) is 10.2 Å². The molecular weight excluding hydrogens is 555 g/mol. The third-order valence-corrected chi connectivity index (χ3v) is 10.5. The van der Waals surface area contributed by atoms with Crippen LogP contribution < -0.4 is 5.32 Å². The van der Waals surface area contributed by atoms with Crippen LogP contribution in [0.2, 0.25) is 5.02 Å². The maximum absolute atomic E-state index is 14.2. The van der Waals surface area contributed by atoms with Gasteiger partial charge in [0.05, 0.1) is 17.6 Å². The molecule has 0 bridgehead atoms. The quantitative estimate of drug-likeness (QED) is 0.400. The third-order valence-electron chi connectivity index (χ3n) is 10.2. The van der Waals surface area contributed by atoms with Crippen LogP contribution in [0.5, 0.6) is 0 Å². The van der Waals surface area contributed by atoms with Crippen molar-refractivity contribution < 1.29 is 23.9 Å². The first-order valence-corrected chi connectivity index (χ1v) is 15.2. The lowest BCUT2D eigenvalue weighted by atomic mass is 9.58. The highest BCUT2D eigenvalue weighted by Gasteiger charge is 2.53. The maximum Gasteiger partial charge on any atom is 0.408 e. The first-order valence-electron chi connectivity index (χ1n) is 14.8. The molecule has 2 heterocycles. The van der Waals surface area contributed by atoms with E-state index in [9.17, 15) is 23.9 Å². The van der Waals surface area contributed by atoms with Gasteiger partial charge in [-0.05, 0) is 65.7 Å². The lowest BCUT2D eigenvalue weighted by molar-refractivity contribution is -0.118. The Morgan fingerprint density at radius 3 is 2.48 bits per heavy atom. The van der Waals surface area contributed by atoms with Crippen LogP contribution in [0.15, 0.2) is 71.1 Å². The summed E-state index contributed by atoms with van der Waals surface area (Å²) in [5.41, 5.74) is 3.70. The van der Waals surface area contributed by atoms with Crippen LogP contribution in [0.1, 0.15) is 69.9 Å². The molecule has 0 aromatic heterocycles. The summed E-state index contributed by atoms with van der Waals surface area (Å²) in [6, 6.07) is 14.1. The Morgan fingerprint density at radius 2 is 1.79 bits per heavy atom. The first kappa shape index (κ1) is 28.7. The number of nitrogens with zero attached hydrogens (tertiary/aromatic N) is 1. The number of hydrogen-bond acceptors (Lipinski definition) is 4. The summed E-state index contributed by atoms with van der Waals surface area (Å²) >= 11 is 6.20. The molecule has 0 radical (unpaired) electrons. The van der Waals surface area contributed by atoms with Crippen molar-refractivity contribution >= 4 is 29.3 Å². The topological polar surface area (TPSA) is 86.7 Å². The Morgan fingerprint density at radius 1 is 1.05 bits per heavy atom. The molecule has 220 valence electrons. The number of allylic oxidation sites excluding steroid dienone is 2. The number of amides is 1. The van der Waals surface area contributed by atoms with E-state index in [1.807, 2.05) is 18.2 Å². The Balaban J connectivity index is 1.54. The zero-order chi connectivity index (χ0) is 29.9. The molecule has 8 heteroatoms. The van der Waals surface area contributed by atoms with Crippen LogP contribution in [0, 0.1) is 23.6 Å². The van der Waals surface area contributed by atoms with Crippen LogP contribution in [-0.4, -0.2) is 40.3 Å². The second-order valence-corrected chi connectivity index (χ2v) is 13.3. The Kier molecular flexibility index (Phi) is 7.28. The van der Waals surface area contributed by atoms with E-state index in [0.29, 0.717) is 41.2 Å². The summed E-state index contributed by atoms with van der Waals surface area (Å²) < 4.78 is 14.2. The second kappa shape index (κ2) is 10.7. The van der Waals surface area contributed by atoms with Crippen LogP contribution in [-0.2, 0) is 15.0 Å². The molecule has 42 heavy (non-hydrogen) atoms. The highest BCUT2D eigenvalue weighted by molar-refractivity contribution is 6.30. The molecule has 2 N–H and O–H groups in total. The largest absolute Gasteiger partial charge is 0.465 e. The number of benzene rings is 2. The zero-order valence-corrected chi connectivity index (χ0v) is 24.9. The fraction of sp³-hybridized carbons (Fsp3) is 0.441. The van der Waals surface area contributed by atoms with Crippen molar-refractivity contribution in [2.45, 2.75) is 70.3 Å². The normalized spacial score (nSPS) is 28.0. The standard InChI is InChI=1S/C34H36ClFN2O4/c1-18-9-11-22(34(2,3)20-7-5-4-6-8-20)21(15-18)32-31-30(27(40)17-38(32)33(41)42)28(19-10-12-24(36)23(35)16-19)29-25(37-31)13-14-26(29)39/h4-8,10,12,16,18,21-22,28,32,37H,9,11,13-15,17H2,1-3H3,(H,41,42)/t18?,21?,22-,28+,32+/m0/s1. The van der Waals surface area contributed by atoms with Crippen LogP contribution >= 0.6 is 11.6 Å². The molecule has 0 spiro atoms. The van der Waals surface area contributed by atoms with Gasteiger partial charge in [0.15, 0.2) is 11.6 Å². The van der Waals surface area contributed by atoms with Gasteiger partial charge in [0, 0.05) is 34.9 Å². The van der Waals surface area contributed by atoms with Gasteiger partial charge >= 0.3 is 6.09 Å². The van der Waals surface area contributed by atoms with Gasteiger partial charge < -0.3 is 10.4 Å². The molecule has 0 saturated heterocycles. The summed E-state index contributed by atoms with van der Waals surface area (Å²) in [5.74, 6) is -1.29. The number of carbonyl (C=O) groups excluding carboxylic acids is 2. The van der Waals surface area contributed by atoms with Gasteiger partial charge in [-0.15, -0.1) is 0 Å². The van der Waals surface area contributed by atoms with Gasteiger partial charge in [-0.1, -0.05) is 75.2 Å². The Hall–Kier alpha value is -3.45. The van der Waals surface area contributed by atoms with E-state index < -0.39 is 23.9 Å². The monoisotopic (exact) mass is 590 g/mol. The molecule has 2 aromatic carbocycles. The smallest absolute Gasteiger partial charge is 0.408 e. The van der Waals surface area contributed by atoms with Crippen LogP contribution in [0.3, 0.4) is 0 Å². The fourth-order valence-electron chi connectivity index (χ4n) is 8.12. The fourth-order valence-corrected chi connectivity index (χ4v) is 8.31. The summed E-state index contributed by atoms with van der Waals surface area (Å²) in [5, 5.41) is 13.9. The number of hydrogen-bond donors (Lipinski definition) is 2. The molecule has 2 aromatic rings. The molecular formula is C34H36ClFN2O4. The van der Waals surface area contributed by atoms with Gasteiger partial charge in [0.2, 0.25) is 0 Å². The van der Waals surface area contributed by atoms with Crippen molar-refractivity contribution in [3.63, 3.8) is 0 Å². The van der Waals surface area contributed by atoms with Gasteiger partial charge in [0.1, 0.15) is 5.82 Å². The maximum atomic E-state index is 14.2. The van der Waals surface area contributed by atoms with E-state index in [1.54, 1.807) is 6.07 Å². The first-order chi connectivity index (χ1) is 20.0. The van der Waals surface area contributed by atoms with Crippen LogP contribution in [0.4, 0.5) is 9.18 Å². The van der Waals surface area contributed by atoms with Crippen molar-refractivity contribution in [2.24, 2.45) is 17.8 Å². The highest BCUT2D eigenvalue weighted by atomic mass is 35.5. The predicted octanol–water partition coefficient (Wildman–Crippen LogP) is 7.00. The van der Waals surface area contributed by atoms with Crippen LogP contribution in [0.25, 0.3) is 0 Å². The summed E-state index contributed by atoms with van der Waals surface area (Å²) in [6.07, 6.45) is 2.41. The minimum Gasteiger partial charge on any atom is -0.465 e. The molecule has 2 unspecified atom stereocenters. The van der Waals surface area contributed by atoms with E-state index in [1.165, 1.54) is 22.6 Å². The molecule has 2 aliphatic carbocycles. The molecule has 6 rings (SSSR count). The summed E-state index contributed by atoms with van der Waals surface area (Å²) in [6.45, 7) is 6.38. The minimum atomic E-state index is -1.14. The number of carboxylic acid groups (broad SMARTS) is 1. The lowest BCUT2D eigenvalue weighted by Crippen LogP contribution is -2.59. The minimum absolute atomic E-state index is 0.0612. The number of Topliss-reactive ketones (excluding diaryl/α,β-unsaturated/α-hetero) is 2. The SMILES string of the molecule is CC1CC[C@H](C(C)(C)c2ccccc2)C([C@@H]2C3=C(C(=O)CN2C(=O)O)[C@H](c2ccc(F)c(Cl)c2)C2=C(CCC2=O)N3)C1. The Bertz CT molecular complexity index is 1530.